The zero-order valence-corrected chi connectivity index (χ0v) is 21.0. The first-order valence-electron chi connectivity index (χ1n) is 11.5. The highest BCUT2D eigenvalue weighted by Gasteiger charge is 2.22. The predicted molar refractivity (Wildman–Crippen MR) is 137 cm³/mol. The Hall–Kier alpha value is -4.05. The van der Waals surface area contributed by atoms with Crippen molar-refractivity contribution in [2.75, 3.05) is 11.3 Å². The molecule has 4 aromatic rings. The molecule has 0 bridgehead atoms. The van der Waals surface area contributed by atoms with Gasteiger partial charge in [0.25, 0.3) is 15.9 Å². The van der Waals surface area contributed by atoms with Crippen molar-refractivity contribution in [2.45, 2.75) is 37.6 Å². The van der Waals surface area contributed by atoms with Crippen LogP contribution in [0.5, 0.6) is 0 Å². The van der Waals surface area contributed by atoms with Crippen molar-refractivity contribution in [1.82, 2.24) is 25.1 Å². The Morgan fingerprint density at radius 2 is 1.75 bits per heavy atom. The Morgan fingerprint density at radius 1 is 1.00 bits per heavy atom. The highest BCUT2D eigenvalue weighted by Crippen LogP contribution is 2.30. The van der Waals surface area contributed by atoms with Gasteiger partial charge in [0.15, 0.2) is 5.82 Å². The van der Waals surface area contributed by atoms with E-state index in [2.05, 4.69) is 45.9 Å². The molecule has 0 radical (unpaired) electrons. The monoisotopic (exact) mass is 502 g/mol. The summed E-state index contributed by atoms with van der Waals surface area (Å²) in [5.41, 5.74) is 3.40. The molecule has 1 amide bonds. The minimum absolute atomic E-state index is 0.0805. The minimum atomic E-state index is -3.84. The SMILES string of the molecule is CC(C)(C)c1ccc(S(=O)(=O)Nc2ccccc2-c2nccc(-c3cc4n(n3)CCNC4=O)n2)cc1. The molecule has 0 aliphatic carbocycles. The van der Waals surface area contributed by atoms with Crippen LogP contribution in [0.2, 0.25) is 0 Å². The van der Waals surface area contributed by atoms with Gasteiger partial charge in [-0.05, 0) is 47.4 Å². The number of sulfonamides is 1. The van der Waals surface area contributed by atoms with Gasteiger partial charge in [-0.3, -0.25) is 14.2 Å². The first kappa shape index (κ1) is 23.7. The van der Waals surface area contributed by atoms with Crippen LogP contribution in [0.25, 0.3) is 22.8 Å². The van der Waals surface area contributed by atoms with E-state index in [9.17, 15) is 13.2 Å². The Kier molecular flexibility index (Phi) is 5.83. The highest BCUT2D eigenvalue weighted by molar-refractivity contribution is 7.92. The number of carbonyl (C=O) groups is 1. The van der Waals surface area contributed by atoms with Gasteiger partial charge in [-0.1, -0.05) is 45.0 Å². The Labute approximate surface area is 209 Å². The predicted octanol–water partition coefficient (Wildman–Crippen LogP) is 3.85. The maximum absolute atomic E-state index is 13.2. The molecule has 1 aliphatic rings. The number of fused-ring (bicyclic) bond motifs is 1. The molecule has 0 fully saturated rings. The van der Waals surface area contributed by atoms with E-state index in [4.69, 9.17) is 0 Å². The number of benzene rings is 2. The summed E-state index contributed by atoms with van der Waals surface area (Å²) < 4.78 is 30.7. The quantitative estimate of drug-likeness (QED) is 0.428. The van der Waals surface area contributed by atoms with E-state index < -0.39 is 10.0 Å². The molecule has 3 heterocycles. The molecule has 10 heteroatoms. The summed E-state index contributed by atoms with van der Waals surface area (Å²) in [6.07, 6.45) is 1.59. The van der Waals surface area contributed by atoms with Gasteiger partial charge in [0.1, 0.15) is 11.4 Å². The third kappa shape index (κ3) is 4.59. The van der Waals surface area contributed by atoms with E-state index in [1.54, 1.807) is 59.4 Å². The fourth-order valence-electron chi connectivity index (χ4n) is 4.00. The molecule has 0 saturated carbocycles. The van der Waals surface area contributed by atoms with Crippen LogP contribution >= 0.6 is 0 Å². The summed E-state index contributed by atoms with van der Waals surface area (Å²) >= 11 is 0. The molecule has 2 aromatic heterocycles. The number of para-hydroxylation sites is 1. The number of nitrogens with one attached hydrogen (secondary N) is 2. The second-order valence-corrected chi connectivity index (χ2v) is 11.3. The number of amides is 1. The summed E-state index contributed by atoms with van der Waals surface area (Å²) in [4.78, 5) is 21.3. The van der Waals surface area contributed by atoms with Crippen LogP contribution in [0.15, 0.2) is 71.8 Å². The summed E-state index contributed by atoms with van der Waals surface area (Å²) in [7, 11) is -3.84. The van der Waals surface area contributed by atoms with Crippen LogP contribution in [0.1, 0.15) is 36.8 Å². The number of carbonyl (C=O) groups excluding carboxylic acids is 1. The van der Waals surface area contributed by atoms with Gasteiger partial charge >= 0.3 is 0 Å². The number of rotatable bonds is 5. The Morgan fingerprint density at radius 3 is 2.47 bits per heavy atom. The van der Waals surface area contributed by atoms with Gasteiger partial charge in [0.2, 0.25) is 0 Å². The first-order valence-corrected chi connectivity index (χ1v) is 13.0. The Bertz CT molecular complexity index is 1550. The molecule has 184 valence electrons. The zero-order chi connectivity index (χ0) is 25.5. The van der Waals surface area contributed by atoms with Crippen molar-refractivity contribution in [3.05, 3.63) is 78.1 Å². The van der Waals surface area contributed by atoms with Crippen LogP contribution in [-0.2, 0) is 22.0 Å². The number of aromatic nitrogens is 4. The molecular weight excluding hydrogens is 476 g/mol. The molecule has 36 heavy (non-hydrogen) atoms. The fourth-order valence-corrected chi connectivity index (χ4v) is 5.08. The van der Waals surface area contributed by atoms with Crippen LogP contribution in [0.3, 0.4) is 0 Å². The lowest BCUT2D eigenvalue weighted by Crippen LogP contribution is -2.35. The smallest absolute Gasteiger partial charge is 0.269 e. The first-order chi connectivity index (χ1) is 17.1. The summed E-state index contributed by atoms with van der Waals surface area (Å²) in [5, 5.41) is 7.30. The molecule has 5 rings (SSSR count). The van der Waals surface area contributed by atoms with Gasteiger partial charge in [-0.25, -0.2) is 18.4 Å². The lowest BCUT2D eigenvalue weighted by Gasteiger charge is -2.19. The number of nitrogens with zero attached hydrogens (tertiary/aromatic N) is 4. The third-order valence-electron chi connectivity index (χ3n) is 5.98. The normalized spacial score (nSPS) is 13.7. The molecule has 0 saturated heterocycles. The number of anilines is 1. The number of hydrogen-bond acceptors (Lipinski definition) is 6. The molecule has 2 N–H and O–H groups in total. The fraction of sp³-hybridized carbons (Fsp3) is 0.231. The average Bonchev–Trinajstić information content (AvgIpc) is 3.30. The maximum atomic E-state index is 13.2. The third-order valence-corrected chi connectivity index (χ3v) is 7.36. The van der Waals surface area contributed by atoms with E-state index in [1.165, 1.54) is 0 Å². The van der Waals surface area contributed by atoms with Crippen LogP contribution < -0.4 is 10.0 Å². The van der Waals surface area contributed by atoms with Crippen molar-refractivity contribution >= 4 is 21.6 Å². The van der Waals surface area contributed by atoms with Gasteiger partial charge in [0.05, 0.1) is 22.8 Å². The summed E-state index contributed by atoms with van der Waals surface area (Å²) in [5.74, 6) is 0.161. The van der Waals surface area contributed by atoms with E-state index in [0.717, 1.165) is 5.56 Å². The van der Waals surface area contributed by atoms with E-state index >= 15 is 0 Å². The topological polar surface area (TPSA) is 119 Å². The molecule has 0 unspecified atom stereocenters. The van der Waals surface area contributed by atoms with Crippen LogP contribution in [0, 0.1) is 0 Å². The summed E-state index contributed by atoms with van der Waals surface area (Å²) in [6.45, 7) is 7.33. The van der Waals surface area contributed by atoms with Crippen molar-refractivity contribution in [3.8, 4) is 22.8 Å². The van der Waals surface area contributed by atoms with Crippen molar-refractivity contribution in [3.63, 3.8) is 0 Å². The van der Waals surface area contributed by atoms with Gasteiger partial charge in [-0.2, -0.15) is 5.10 Å². The standard InChI is InChI=1S/C26H26N6O3S/c1-26(2,3)17-8-10-18(11-9-17)36(34,35)31-20-7-5-4-6-19(20)24-27-13-12-21(29-24)22-16-23-25(33)28-14-15-32(23)30-22/h4-13,16,31H,14-15H2,1-3H3,(H,28,33). The molecule has 1 aliphatic heterocycles. The van der Waals surface area contributed by atoms with Crippen molar-refractivity contribution < 1.29 is 13.2 Å². The lowest BCUT2D eigenvalue weighted by molar-refractivity contribution is 0.0924. The number of hydrogen-bond donors (Lipinski definition) is 2. The largest absolute Gasteiger partial charge is 0.349 e. The summed E-state index contributed by atoms with van der Waals surface area (Å²) in [6, 6.07) is 17.2. The average molecular weight is 503 g/mol. The molecule has 9 nitrogen and oxygen atoms in total. The van der Waals surface area contributed by atoms with E-state index in [0.29, 0.717) is 47.2 Å². The second-order valence-electron chi connectivity index (χ2n) is 9.58. The van der Waals surface area contributed by atoms with E-state index in [1.807, 2.05) is 12.1 Å². The molecule has 0 spiro atoms. The minimum Gasteiger partial charge on any atom is -0.349 e. The van der Waals surface area contributed by atoms with Crippen molar-refractivity contribution in [1.29, 1.82) is 0 Å². The van der Waals surface area contributed by atoms with Crippen LogP contribution in [0.4, 0.5) is 5.69 Å². The zero-order valence-electron chi connectivity index (χ0n) is 20.2. The lowest BCUT2D eigenvalue weighted by atomic mass is 9.87. The molecule has 2 aromatic carbocycles. The van der Waals surface area contributed by atoms with Gasteiger partial charge in [-0.15, -0.1) is 0 Å². The molecule has 0 atom stereocenters. The van der Waals surface area contributed by atoms with Crippen molar-refractivity contribution in [2.24, 2.45) is 0 Å². The Balaban J connectivity index is 1.47. The second kappa shape index (κ2) is 8.87. The van der Waals surface area contributed by atoms with Gasteiger partial charge in [0, 0.05) is 18.3 Å². The van der Waals surface area contributed by atoms with E-state index in [-0.39, 0.29) is 16.2 Å². The molecular formula is C26H26N6O3S. The highest BCUT2D eigenvalue weighted by atomic mass is 32.2. The van der Waals surface area contributed by atoms with Gasteiger partial charge < -0.3 is 5.32 Å². The van der Waals surface area contributed by atoms with Crippen LogP contribution in [-0.4, -0.2) is 40.6 Å². The maximum Gasteiger partial charge on any atom is 0.269 e.